The van der Waals surface area contributed by atoms with Crippen LogP contribution in [0.15, 0.2) is 69.9 Å². The van der Waals surface area contributed by atoms with Gasteiger partial charge < -0.3 is 14.3 Å². The van der Waals surface area contributed by atoms with Crippen LogP contribution in [0.1, 0.15) is 5.69 Å². The number of carbonyl (C=O) groups excluding carboxylic acids is 1. The van der Waals surface area contributed by atoms with Gasteiger partial charge in [-0.2, -0.15) is 0 Å². The Kier molecular flexibility index (Phi) is 3.55. The van der Waals surface area contributed by atoms with E-state index in [1.54, 1.807) is 30.6 Å². The molecule has 118 valence electrons. The fraction of sp³-hybridized carbons (Fsp3) is 0.0556. The van der Waals surface area contributed by atoms with Crippen molar-refractivity contribution in [3.8, 4) is 11.5 Å². The monoisotopic (exact) mass is 319 g/mol. The molecule has 0 spiro atoms. The Morgan fingerprint density at radius 1 is 1.04 bits per heavy atom. The standard InChI is InChI=1S/C18H13N3O3/c22-18(20-13-5-7-19-8-6-13)11-14-10-17(24-21-14)16-9-12-3-1-2-4-15(12)23-16/h1-10H,11H2,(H,19,20,22). The normalized spacial score (nSPS) is 10.8. The lowest BCUT2D eigenvalue weighted by Crippen LogP contribution is -2.14. The van der Waals surface area contributed by atoms with Crippen molar-refractivity contribution in [2.24, 2.45) is 0 Å². The van der Waals surface area contributed by atoms with Crippen LogP contribution in [0.4, 0.5) is 5.69 Å². The molecule has 0 unspecified atom stereocenters. The van der Waals surface area contributed by atoms with Crippen molar-refractivity contribution in [1.82, 2.24) is 10.1 Å². The van der Waals surface area contributed by atoms with Crippen LogP contribution in [-0.2, 0) is 11.2 Å². The molecule has 3 heterocycles. The minimum atomic E-state index is -0.175. The Morgan fingerprint density at radius 3 is 2.71 bits per heavy atom. The Morgan fingerprint density at radius 2 is 1.88 bits per heavy atom. The number of carbonyl (C=O) groups is 1. The minimum Gasteiger partial charge on any atom is -0.453 e. The van der Waals surface area contributed by atoms with Gasteiger partial charge in [0, 0.05) is 29.5 Å². The van der Waals surface area contributed by atoms with E-state index < -0.39 is 0 Å². The van der Waals surface area contributed by atoms with Gasteiger partial charge in [0.05, 0.1) is 12.1 Å². The highest BCUT2D eigenvalue weighted by Crippen LogP contribution is 2.28. The van der Waals surface area contributed by atoms with Gasteiger partial charge in [0.1, 0.15) is 5.58 Å². The molecule has 24 heavy (non-hydrogen) atoms. The van der Waals surface area contributed by atoms with Crippen molar-refractivity contribution in [3.63, 3.8) is 0 Å². The summed E-state index contributed by atoms with van der Waals surface area (Å²) in [7, 11) is 0. The molecule has 1 amide bonds. The lowest BCUT2D eigenvalue weighted by molar-refractivity contribution is -0.115. The number of fused-ring (bicyclic) bond motifs is 1. The fourth-order valence-electron chi connectivity index (χ4n) is 2.42. The van der Waals surface area contributed by atoms with Gasteiger partial charge in [0.25, 0.3) is 0 Å². The van der Waals surface area contributed by atoms with Crippen LogP contribution in [0, 0.1) is 0 Å². The molecule has 0 fully saturated rings. The molecule has 4 rings (SSSR count). The molecule has 0 saturated heterocycles. The van der Waals surface area contributed by atoms with Crippen LogP contribution in [0.5, 0.6) is 0 Å². The first-order valence-electron chi connectivity index (χ1n) is 7.42. The maximum Gasteiger partial charge on any atom is 0.230 e. The maximum absolute atomic E-state index is 12.0. The van der Waals surface area contributed by atoms with E-state index in [2.05, 4.69) is 15.5 Å². The number of aromatic nitrogens is 2. The molecular formula is C18H13N3O3. The van der Waals surface area contributed by atoms with E-state index in [0.29, 0.717) is 22.9 Å². The molecule has 0 atom stereocenters. The Labute approximate surface area is 137 Å². The van der Waals surface area contributed by atoms with Gasteiger partial charge in [-0.05, 0) is 24.3 Å². The van der Waals surface area contributed by atoms with Gasteiger partial charge >= 0.3 is 0 Å². The van der Waals surface area contributed by atoms with Crippen LogP contribution in [-0.4, -0.2) is 16.0 Å². The smallest absolute Gasteiger partial charge is 0.230 e. The molecule has 0 bridgehead atoms. The van der Waals surface area contributed by atoms with Gasteiger partial charge in [-0.1, -0.05) is 23.4 Å². The Hall–Kier alpha value is -3.41. The largest absolute Gasteiger partial charge is 0.453 e. The molecule has 0 saturated carbocycles. The first-order valence-corrected chi connectivity index (χ1v) is 7.42. The summed E-state index contributed by atoms with van der Waals surface area (Å²) >= 11 is 0. The summed E-state index contributed by atoms with van der Waals surface area (Å²) in [5, 5.41) is 7.70. The van der Waals surface area contributed by atoms with Crippen LogP contribution >= 0.6 is 0 Å². The Balaban J connectivity index is 1.49. The van der Waals surface area contributed by atoms with Crippen molar-refractivity contribution in [2.75, 3.05) is 5.32 Å². The zero-order chi connectivity index (χ0) is 16.4. The van der Waals surface area contributed by atoms with Crippen LogP contribution < -0.4 is 5.32 Å². The van der Waals surface area contributed by atoms with E-state index in [0.717, 1.165) is 11.0 Å². The zero-order valence-corrected chi connectivity index (χ0v) is 12.6. The lowest BCUT2D eigenvalue weighted by Gasteiger charge is -2.02. The summed E-state index contributed by atoms with van der Waals surface area (Å²) in [6, 6.07) is 14.7. The number of para-hydroxylation sites is 1. The molecule has 0 aliphatic rings. The highest BCUT2D eigenvalue weighted by Gasteiger charge is 2.14. The molecule has 3 aromatic heterocycles. The number of pyridine rings is 1. The maximum atomic E-state index is 12.0. The van der Waals surface area contributed by atoms with E-state index in [1.165, 1.54) is 0 Å². The third-order valence-electron chi connectivity index (χ3n) is 3.53. The molecule has 6 nitrogen and oxygen atoms in total. The summed E-state index contributed by atoms with van der Waals surface area (Å²) < 4.78 is 11.0. The second kappa shape index (κ2) is 6.00. The zero-order valence-electron chi connectivity index (χ0n) is 12.6. The topological polar surface area (TPSA) is 81.2 Å². The number of anilines is 1. The molecule has 1 aromatic carbocycles. The van der Waals surface area contributed by atoms with Crippen LogP contribution in [0.3, 0.4) is 0 Å². The van der Waals surface area contributed by atoms with E-state index in [-0.39, 0.29) is 12.3 Å². The molecule has 0 radical (unpaired) electrons. The SMILES string of the molecule is O=C(Cc1cc(-c2cc3ccccc3o2)on1)Nc1ccncc1. The molecule has 0 aliphatic heterocycles. The highest BCUT2D eigenvalue weighted by atomic mass is 16.5. The number of nitrogens with one attached hydrogen (secondary N) is 1. The molecule has 4 aromatic rings. The average molecular weight is 319 g/mol. The predicted molar refractivity (Wildman–Crippen MR) is 88.3 cm³/mol. The van der Waals surface area contributed by atoms with Crippen molar-refractivity contribution in [2.45, 2.75) is 6.42 Å². The van der Waals surface area contributed by atoms with Crippen LogP contribution in [0.2, 0.25) is 0 Å². The average Bonchev–Trinajstić information content (AvgIpc) is 3.22. The molecular weight excluding hydrogens is 306 g/mol. The second-order valence-electron chi connectivity index (χ2n) is 5.29. The first-order chi connectivity index (χ1) is 11.8. The fourth-order valence-corrected chi connectivity index (χ4v) is 2.42. The quantitative estimate of drug-likeness (QED) is 0.621. The number of nitrogens with zero attached hydrogens (tertiary/aromatic N) is 2. The van der Waals surface area contributed by atoms with Crippen molar-refractivity contribution >= 4 is 22.6 Å². The second-order valence-corrected chi connectivity index (χ2v) is 5.29. The number of hydrogen-bond donors (Lipinski definition) is 1. The summed E-state index contributed by atoms with van der Waals surface area (Å²) in [5.41, 5.74) is 2.01. The number of benzene rings is 1. The third-order valence-corrected chi connectivity index (χ3v) is 3.53. The highest BCUT2D eigenvalue weighted by molar-refractivity contribution is 5.92. The Bertz CT molecular complexity index is 956. The molecule has 6 heteroatoms. The van der Waals surface area contributed by atoms with E-state index in [4.69, 9.17) is 8.94 Å². The van der Waals surface area contributed by atoms with Crippen molar-refractivity contribution < 1.29 is 13.7 Å². The van der Waals surface area contributed by atoms with E-state index in [9.17, 15) is 4.79 Å². The number of rotatable bonds is 4. The van der Waals surface area contributed by atoms with E-state index >= 15 is 0 Å². The predicted octanol–water partition coefficient (Wildman–Crippen LogP) is 3.66. The van der Waals surface area contributed by atoms with Crippen molar-refractivity contribution in [3.05, 3.63) is 66.6 Å². The van der Waals surface area contributed by atoms with Gasteiger partial charge in [-0.25, -0.2) is 0 Å². The third kappa shape index (κ3) is 2.89. The summed E-state index contributed by atoms with van der Waals surface area (Å²) in [5.74, 6) is 0.910. The summed E-state index contributed by atoms with van der Waals surface area (Å²) in [4.78, 5) is 15.9. The van der Waals surface area contributed by atoms with Gasteiger partial charge in [-0.3, -0.25) is 9.78 Å². The van der Waals surface area contributed by atoms with E-state index in [1.807, 2.05) is 30.3 Å². The minimum absolute atomic E-state index is 0.117. The number of hydrogen-bond acceptors (Lipinski definition) is 5. The summed E-state index contributed by atoms with van der Waals surface area (Å²) in [6.45, 7) is 0. The van der Waals surface area contributed by atoms with Gasteiger partial charge in [0.15, 0.2) is 5.76 Å². The first kappa shape index (κ1) is 14.2. The van der Waals surface area contributed by atoms with Gasteiger partial charge in [-0.15, -0.1) is 0 Å². The summed E-state index contributed by atoms with van der Waals surface area (Å²) in [6.07, 6.45) is 3.35. The van der Waals surface area contributed by atoms with Crippen molar-refractivity contribution in [1.29, 1.82) is 0 Å². The molecule has 0 aliphatic carbocycles. The van der Waals surface area contributed by atoms with Gasteiger partial charge in [0.2, 0.25) is 11.7 Å². The van der Waals surface area contributed by atoms with Crippen LogP contribution in [0.25, 0.3) is 22.5 Å². The lowest BCUT2D eigenvalue weighted by atomic mass is 10.2. The molecule has 1 N–H and O–H groups in total. The number of amides is 1. The number of furan rings is 1.